The number of fused-ring (bicyclic) bond motifs is 1. The first kappa shape index (κ1) is 18.1. The average Bonchev–Trinajstić information content (AvgIpc) is 3.36. The van der Waals surface area contributed by atoms with Crippen molar-refractivity contribution >= 4 is 5.96 Å². The molecule has 5 nitrogen and oxygen atoms in total. The smallest absolute Gasteiger partial charge is 0.191 e. The summed E-state index contributed by atoms with van der Waals surface area (Å²) in [7, 11) is 3.61. The van der Waals surface area contributed by atoms with E-state index in [0.29, 0.717) is 5.41 Å². The first-order valence-electron chi connectivity index (χ1n) is 9.21. The van der Waals surface area contributed by atoms with Crippen LogP contribution >= 0.6 is 0 Å². The summed E-state index contributed by atoms with van der Waals surface area (Å²) >= 11 is 0. The van der Waals surface area contributed by atoms with Gasteiger partial charge in [0.1, 0.15) is 11.4 Å². The summed E-state index contributed by atoms with van der Waals surface area (Å²) in [5.41, 5.74) is 1.40. The van der Waals surface area contributed by atoms with Gasteiger partial charge in [-0.2, -0.15) is 0 Å². The molecule has 0 spiro atoms. The molecule has 1 aromatic carbocycles. The minimum Gasteiger partial charge on any atom is -0.487 e. The van der Waals surface area contributed by atoms with Crippen LogP contribution in [-0.2, 0) is 4.74 Å². The summed E-state index contributed by atoms with van der Waals surface area (Å²) in [6.07, 6.45) is 4.56. The second kappa shape index (κ2) is 7.24. The predicted octanol–water partition coefficient (Wildman–Crippen LogP) is 3.27. The quantitative estimate of drug-likeness (QED) is 0.614. The second-order valence-electron chi connectivity index (χ2n) is 7.97. The Hall–Kier alpha value is -1.75. The number of benzene rings is 1. The molecule has 1 aliphatic carbocycles. The fraction of sp³-hybridized carbons (Fsp3) is 0.650. The maximum Gasteiger partial charge on any atom is 0.191 e. The monoisotopic (exact) mass is 345 g/mol. The number of hydrogen-bond donors (Lipinski definition) is 2. The van der Waals surface area contributed by atoms with E-state index in [2.05, 4.69) is 41.6 Å². The summed E-state index contributed by atoms with van der Waals surface area (Å²) in [5.74, 6) is 1.83. The van der Waals surface area contributed by atoms with E-state index in [9.17, 15) is 0 Å². The lowest BCUT2D eigenvalue weighted by molar-refractivity contribution is 0.0693. The molecule has 1 unspecified atom stereocenters. The third kappa shape index (κ3) is 4.46. The molecule has 0 bridgehead atoms. The Labute approximate surface area is 151 Å². The number of para-hydroxylation sites is 1. The van der Waals surface area contributed by atoms with Crippen LogP contribution < -0.4 is 15.4 Å². The van der Waals surface area contributed by atoms with Gasteiger partial charge >= 0.3 is 0 Å². The summed E-state index contributed by atoms with van der Waals surface area (Å²) in [5, 5.41) is 7.13. The van der Waals surface area contributed by atoms with Crippen LogP contribution in [0.2, 0.25) is 0 Å². The van der Waals surface area contributed by atoms with Gasteiger partial charge in [0, 0.05) is 39.3 Å². The molecular weight excluding hydrogens is 314 g/mol. The Morgan fingerprint density at radius 2 is 2.08 bits per heavy atom. The number of hydrogen-bond acceptors (Lipinski definition) is 3. The van der Waals surface area contributed by atoms with Gasteiger partial charge in [0.05, 0.1) is 6.04 Å². The van der Waals surface area contributed by atoms with E-state index < -0.39 is 0 Å². The van der Waals surface area contributed by atoms with Crippen molar-refractivity contribution in [2.24, 2.45) is 10.4 Å². The first-order valence-corrected chi connectivity index (χ1v) is 9.21. The molecular formula is C20H31N3O2. The zero-order chi connectivity index (χ0) is 17.9. The zero-order valence-electron chi connectivity index (χ0n) is 15.9. The predicted molar refractivity (Wildman–Crippen MR) is 101 cm³/mol. The molecule has 0 radical (unpaired) electrons. The molecule has 25 heavy (non-hydrogen) atoms. The average molecular weight is 345 g/mol. The van der Waals surface area contributed by atoms with Gasteiger partial charge in [-0.15, -0.1) is 0 Å². The third-order valence-corrected chi connectivity index (χ3v) is 5.34. The van der Waals surface area contributed by atoms with Gasteiger partial charge in [-0.25, -0.2) is 0 Å². The fourth-order valence-corrected chi connectivity index (χ4v) is 3.57. The first-order chi connectivity index (χ1) is 12.0. The van der Waals surface area contributed by atoms with E-state index >= 15 is 0 Å². The van der Waals surface area contributed by atoms with Crippen LogP contribution in [0.25, 0.3) is 0 Å². The molecule has 2 aliphatic rings. The summed E-state index contributed by atoms with van der Waals surface area (Å²) in [6, 6.07) is 8.47. The van der Waals surface area contributed by atoms with Crippen molar-refractivity contribution in [3.05, 3.63) is 29.8 Å². The number of rotatable bonds is 6. The highest BCUT2D eigenvalue weighted by atomic mass is 16.5. The number of ether oxygens (including phenoxy) is 2. The maximum atomic E-state index is 6.12. The van der Waals surface area contributed by atoms with Crippen LogP contribution in [0.5, 0.6) is 5.75 Å². The number of guanidine groups is 1. The molecule has 1 heterocycles. The number of nitrogens with zero attached hydrogens (tertiary/aromatic N) is 1. The fourth-order valence-electron chi connectivity index (χ4n) is 3.57. The molecule has 5 heteroatoms. The summed E-state index contributed by atoms with van der Waals surface area (Å²) in [6.45, 7) is 6.05. The van der Waals surface area contributed by atoms with Gasteiger partial charge in [-0.1, -0.05) is 18.2 Å². The molecule has 0 amide bonds. The third-order valence-electron chi connectivity index (χ3n) is 5.34. The molecule has 1 atom stereocenters. The largest absolute Gasteiger partial charge is 0.487 e. The molecule has 0 aromatic heterocycles. The van der Waals surface area contributed by atoms with Gasteiger partial charge < -0.3 is 20.1 Å². The van der Waals surface area contributed by atoms with Crippen LogP contribution in [0.4, 0.5) is 0 Å². The minimum absolute atomic E-state index is 0.193. The van der Waals surface area contributed by atoms with E-state index in [1.165, 1.54) is 18.4 Å². The van der Waals surface area contributed by atoms with E-state index in [4.69, 9.17) is 9.47 Å². The molecule has 2 N–H and O–H groups in total. The SMILES string of the molecule is CN=C(NCC1(CCOC)CC1)NC1CC(C)(C)Oc2ccccc21. The van der Waals surface area contributed by atoms with Crippen LogP contribution in [0.3, 0.4) is 0 Å². The van der Waals surface area contributed by atoms with Gasteiger partial charge in [0.15, 0.2) is 5.96 Å². The highest BCUT2D eigenvalue weighted by Crippen LogP contribution is 2.48. The van der Waals surface area contributed by atoms with Crippen molar-refractivity contribution in [3.63, 3.8) is 0 Å². The van der Waals surface area contributed by atoms with E-state index in [1.54, 1.807) is 7.11 Å². The maximum absolute atomic E-state index is 6.12. The van der Waals surface area contributed by atoms with Gasteiger partial charge in [0.25, 0.3) is 0 Å². The molecule has 1 fully saturated rings. The van der Waals surface area contributed by atoms with Crippen LogP contribution in [0.15, 0.2) is 29.3 Å². The molecule has 1 saturated carbocycles. The lowest BCUT2D eigenvalue weighted by Crippen LogP contribution is -2.46. The Morgan fingerprint density at radius 1 is 1.32 bits per heavy atom. The molecule has 1 aliphatic heterocycles. The van der Waals surface area contributed by atoms with Gasteiger partial charge in [-0.3, -0.25) is 4.99 Å². The Balaban J connectivity index is 1.64. The Kier molecular flexibility index (Phi) is 5.23. The lowest BCUT2D eigenvalue weighted by Gasteiger charge is -2.38. The highest BCUT2D eigenvalue weighted by Gasteiger charge is 2.42. The minimum atomic E-state index is -0.193. The van der Waals surface area contributed by atoms with Crippen molar-refractivity contribution < 1.29 is 9.47 Å². The van der Waals surface area contributed by atoms with Gasteiger partial charge in [-0.05, 0) is 44.6 Å². The molecule has 138 valence electrons. The van der Waals surface area contributed by atoms with E-state index in [-0.39, 0.29) is 11.6 Å². The van der Waals surface area contributed by atoms with Crippen molar-refractivity contribution in [2.45, 2.75) is 51.2 Å². The topological polar surface area (TPSA) is 54.9 Å². The zero-order valence-corrected chi connectivity index (χ0v) is 15.9. The summed E-state index contributed by atoms with van der Waals surface area (Å²) < 4.78 is 11.4. The summed E-state index contributed by atoms with van der Waals surface area (Å²) in [4.78, 5) is 4.44. The number of nitrogens with one attached hydrogen (secondary N) is 2. The van der Waals surface area contributed by atoms with Gasteiger partial charge in [0.2, 0.25) is 0 Å². The Bertz CT molecular complexity index is 623. The highest BCUT2D eigenvalue weighted by molar-refractivity contribution is 5.80. The Morgan fingerprint density at radius 3 is 2.76 bits per heavy atom. The van der Waals surface area contributed by atoms with Crippen LogP contribution in [-0.4, -0.2) is 38.9 Å². The van der Waals surface area contributed by atoms with Crippen LogP contribution in [0.1, 0.15) is 51.1 Å². The van der Waals surface area contributed by atoms with Crippen molar-refractivity contribution in [1.29, 1.82) is 0 Å². The van der Waals surface area contributed by atoms with Crippen molar-refractivity contribution in [1.82, 2.24) is 10.6 Å². The van der Waals surface area contributed by atoms with E-state index in [1.807, 2.05) is 19.2 Å². The lowest BCUT2D eigenvalue weighted by atomic mass is 9.90. The van der Waals surface area contributed by atoms with Crippen molar-refractivity contribution in [3.8, 4) is 5.75 Å². The normalized spacial score (nSPS) is 23.4. The molecule has 0 saturated heterocycles. The number of methoxy groups -OCH3 is 1. The standard InChI is InChI=1S/C20H31N3O2/c1-19(2)13-16(15-7-5-6-8-17(15)25-19)23-18(21-3)22-14-20(9-10-20)11-12-24-4/h5-8,16H,9-14H2,1-4H3,(H2,21,22,23). The van der Waals surface area contributed by atoms with E-state index in [0.717, 1.165) is 37.7 Å². The van der Waals surface area contributed by atoms with Crippen molar-refractivity contribution in [2.75, 3.05) is 27.3 Å². The molecule has 1 aromatic rings. The van der Waals surface area contributed by atoms with Crippen LogP contribution in [0, 0.1) is 5.41 Å². The second-order valence-corrected chi connectivity index (χ2v) is 7.97. The number of aliphatic imine (C=N–C) groups is 1. The molecule has 3 rings (SSSR count).